The van der Waals surface area contributed by atoms with Crippen molar-refractivity contribution in [3.63, 3.8) is 0 Å². The zero-order chi connectivity index (χ0) is 18.5. The fourth-order valence-electron chi connectivity index (χ4n) is 2.66. The van der Waals surface area contributed by atoms with E-state index in [2.05, 4.69) is 22.0 Å². The largest absolute Gasteiger partial charge is 0.308 e. The van der Waals surface area contributed by atoms with Gasteiger partial charge in [-0.05, 0) is 44.3 Å². The quantitative estimate of drug-likeness (QED) is 0.599. The van der Waals surface area contributed by atoms with Gasteiger partial charge in [-0.25, -0.2) is 4.98 Å². The summed E-state index contributed by atoms with van der Waals surface area (Å²) in [7, 11) is 4.01. The molecule has 0 saturated heterocycles. The van der Waals surface area contributed by atoms with Crippen LogP contribution in [0.2, 0.25) is 5.02 Å². The first-order valence-corrected chi connectivity index (χ1v) is 9.77. The van der Waals surface area contributed by atoms with Crippen LogP contribution < -0.4 is 4.90 Å². The van der Waals surface area contributed by atoms with E-state index in [0.29, 0.717) is 18.0 Å². The number of thiazole rings is 1. The lowest BCUT2D eigenvalue weighted by atomic mass is 10.1. The van der Waals surface area contributed by atoms with Crippen LogP contribution in [0.4, 0.5) is 5.13 Å². The van der Waals surface area contributed by atoms with E-state index in [4.69, 9.17) is 11.6 Å². The molecule has 3 rings (SSSR count). The standard InChI is InChI=1S/C20H22ClN3OS/c1-23(2)12-13-24(19(25)11-8-15-6-4-3-5-7-15)20-22-17-10-9-16(21)14-18(17)26-20/h3-7,9-10,14H,8,11-13H2,1-2H3. The van der Waals surface area contributed by atoms with Crippen molar-refractivity contribution in [1.82, 2.24) is 9.88 Å². The van der Waals surface area contributed by atoms with Crippen LogP contribution in [0.15, 0.2) is 48.5 Å². The number of rotatable bonds is 7. The Kier molecular flexibility index (Phi) is 6.25. The molecule has 0 unspecified atom stereocenters. The molecule has 2 aromatic carbocycles. The predicted molar refractivity (Wildman–Crippen MR) is 110 cm³/mol. The second-order valence-corrected chi connectivity index (χ2v) is 7.89. The molecule has 0 aliphatic heterocycles. The van der Waals surface area contributed by atoms with E-state index in [-0.39, 0.29) is 5.91 Å². The molecular weight excluding hydrogens is 366 g/mol. The number of likely N-dealkylation sites (N-methyl/N-ethyl adjacent to an activating group) is 1. The van der Waals surface area contributed by atoms with E-state index >= 15 is 0 Å². The van der Waals surface area contributed by atoms with Crippen LogP contribution in [0.25, 0.3) is 10.2 Å². The lowest BCUT2D eigenvalue weighted by molar-refractivity contribution is -0.118. The van der Waals surface area contributed by atoms with Crippen LogP contribution in [0.1, 0.15) is 12.0 Å². The summed E-state index contributed by atoms with van der Waals surface area (Å²) < 4.78 is 0.998. The first kappa shape index (κ1) is 18.8. The van der Waals surface area contributed by atoms with Gasteiger partial charge in [-0.3, -0.25) is 9.69 Å². The first-order chi connectivity index (χ1) is 12.5. The normalized spacial score (nSPS) is 11.2. The van der Waals surface area contributed by atoms with Gasteiger partial charge in [0.25, 0.3) is 0 Å². The van der Waals surface area contributed by atoms with Gasteiger partial charge in [0.1, 0.15) is 0 Å². The molecular formula is C20H22ClN3OS. The summed E-state index contributed by atoms with van der Waals surface area (Å²) in [4.78, 5) is 21.5. The number of aryl methyl sites for hydroxylation is 1. The number of anilines is 1. The van der Waals surface area contributed by atoms with Crippen molar-refractivity contribution in [3.8, 4) is 0 Å². The van der Waals surface area contributed by atoms with E-state index < -0.39 is 0 Å². The zero-order valence-electron chi connectivity index (χ0n) is 15.0. The Morgan fingerprint density at radius 1 is 1.12 bits per heavy atom. The van der Waals surface area contributed by atoms with Crippen molar-refractivity contribution in [2.75, 3.05) is 32.1 Å². The van der Waals surface area contributed by atoms with Gasteiger partial charge in [-0.15, -0.1) is 0 Å². The van der Waals surface area contributed by atoms with Gasteiger partial charge in [0, 0.05) is 24.5 Å². The number of fused-ring (bicyclic) bond motifs is 1. The number of hydrogen-bond acceptors (Lipinski definition) is 4. The van der Waals surface area contributed by atoms with Crippen molar-refractivity contribution in [3.05, 3.63) is 59.1 Å². The number of carbonyl (C=O) groups excluding carboxylic acids is 1. The highest BCUT2D eigenvalue weighted by atomic mass is 35.5. The second kappa shape index (κ2) is 8.62. The Labute approximate surface area is 163 Å². The van der Waals surface area contributed by atoms with Crippen LogP contribution in [-0.4, -0.2) is 43.0 Å². The third-order valence-corrected chi connectivity index (χ3v) is 5.39. The third kappa shape index (κ3) is 4.81. The molecule has 0 N–H and O–H groups in total. The maximum Gasteiger partial charge on any atom is 0.229 e. The van der Waals surface area contributed by atoms with Crippen LogP contribution >= 0.6 is 22.9 Å². The lowest BCUT2D eigenvalue weighted by Crippen LogP contribution is -2.36. The summed E-state index contributed by atoms with van der Waals surface area (Å²) in [5, 5.41) is 1.42. The molecule has 0 atom stereocenters. The molecule has 3 aromatic rings. The molecule has 0 aliphatic rings. The van der Waals surface area contributed by atoms with Gasteiger partial charge < -0.3 is 4.90 Å². The molecule has 1 amide bonds. The van der Waals surface area contributed by atoms with E-state index in [0.717, 1.165) is 28.3 Å². The summed E-state index contributed by atoms with van der Waals surface area (Å²) in [6.45, 7) is 1.40. The van der Waals surface area contributed by atoms with Gasteiger partial charge in [-0.1, -0.05) is 53.3 Å². The van der Waals surface area contributed by atoms with Crippen molar-refractivity contribution in [2.24, 2.45) is 0 Å². The first-order valence-electron chi connectivity index (χ1n) is 8.58. The van der Waals surface area contributed by atoms with E-state index in [9.17, 15) is 4.79 Å². The molecule has 0 saturated carbocycles. The Morgan fingerprint density at radius 2 is 1.88 bits per heavy atom. The number of amides is 1. The number of halogens is 1. The van der Waals surface area contributed by atoms with Crippen molar-refractivity contribution in [1.29, 1.82) is 0 Å². The number of hydrogen-bond donors (Lipinski definition) is 0. The molecule has 26 heavy (non-hydrogen) atoms. The molecule has 1 aromatic heterocycles. The van der Waals surface area contributed by atoms with Crippen molar-refractivity contribution in [2.45, 2.75) is 12.8 Å². The molecule has 0 bridgehead atoms. The maximum absolute atomic E-state index is 12.9. The molecule has 0 fully saturated rings. The monoisotopic (exact) mass is 387 g/mol. The molecule has 136 valence electrons. The van der Waals surface area contributed by atoms with Crippen LogP contribution in [0, 0.1) is 0 Å². The Hall–Kier alpha value is -1.95. The summed E-state index contributed by atoms with van der Waals surface area (Å²) in [5.41, 5.74) is 2.05. The summed E-state index contributed by atoms with van der Waals surface area (Å²) in [6, 6.07) is 15.7. The average molecular weight is 388 g/mol. The van der Waals surface area contributed by atoms with Gasteiger partial charge >= 0.3 is 0 Å². The van der Waals surface area contributed by atoms with E-state index in [1.807, 2.05) is 55.4 Å². The minimum Gasteiger partial charge on any atom is -0.308 e. The number of benzene rings is 2. The number of aromatic nitrogens is 1. The number of carbonyl (C=O) groups is 1. The molecule has 6 heteroatoms. The van der Waals surface area contributed by atoms with Crippen molar-refractivity contribution >= 4 is 44.2 Å². The molecule has 0 aliphatic carbocycles. The van der Waals surface area contributed by atoms with Gasteiger partial charge in [-0.2, -0.15) is 0 Å². The number of nitrogens with zero attached hydrogens (tertiary/aromatic N) is 3. The minimum atomic E-state index is 0.0980. The van der Waals surface area contributed by atoms with Crippen LogP contribution in [0.3, 0.4) is 0 Å². The van der Waals surface area contributed by atoms with Gasteiger partial charge in [0.2, 0.25) is 5.91 Å². The average Bonchev–Trinajstić information content (AvgIpc) is 3.03. The molecule has 1 heterocycles. The molecule has 0 spiro atoms. The fraction of sp³-hybridized carbons (Fsp3) is 0.300. The third-order valence-electron chi connectivity index (χ3n) is 4.11. The van der Waals surface area contributed by atoms with Crippen LogP contribution in [-0.2, 0) is 11.2 Å². The zero-order valence-corrected chi connectivity index (χ0v) is 16.6. The Bertz CT molecular complexity index is 879. The second-order valence-electron chi connectivity index (χ2n) is 6.44. The maximum atomic E-state index is 12.9. The Morgan fingerprint density at radius 3 is 2.62 bits per heavy atom. The summed E-state index contributed by atoms with van der Waals surface area (Å²) >= 11 is 7.59. The minimum absolute atomic E-state index is 0.0980. The van der Waals surface area contributed by atoms with Crippen molar-refractivity contribution < 1.29 is 4.79 Å². The highest BCUT2D eigenvalue weighted by molar-refractivity contribution is 7.22. The van der Waals surface area contributed by atoms with Gasteiger partial charge in [0.15, 0.2) is 5.13 Å². The lowest BCUT2D eigenvalue weighted by Gasteiger charge is -2.22. The Balaban J connectivity index is 1.79. The highest BCUT2D eigenvalue weighted by Gasteiger charge is 2.19. The van der Waals surface area contributed by atoms with Crippen LogP contribution in [0.5, 0.6) is 0 Å². The topological polar surface area (TPSA) is 36.4 Å². The SMILES string of the molecule is CN(C)CCN(C(=O)CCc1ccccc1)c1nc2ccc(Cl)cc2s1. The smallest absolute Gasteiger partial charge is 0.229 e. The van der Waals surface area contributed by atoms with Gasteiger partial charge in [0.05, 0.1) is 10.2 Å². The predicted octanol–water partition coefficient (Wildman–Crippen LogP) is 4.48. The van der Waals surface area contributed by atoms with E-state index in [1.54, 1.807) is 0 Å². The van der Waals surface area contributed by atoms with E-state index in [1.165, 1.54) is 16.9 Å². The summed E-state index contributed by atoms with van der Waals surface area (Å²) in [5.74, 6) is 0.0980. The molecule has 0 radical (unpaired) electrons. The fourth-order valence-corrected chi connectivity index (χ4v) is 3.94. The highest BCUT2D eigenvalue weighted by Crippen LogP contribution is 2.31. The summed E-state index contributed by atoms with van der Waals surface area (Å²) in [6.07, 6.45) is 1.20. The molecule has 4 nitrogen and oxygen atoms in total.